The molecule has 172 valence electrons. The number of likely N-dealkylation sites (tertiary alicyclic amines) is 1. The number of halogens is 2. The molecule has 0 saturated carbocycles. The lowest BCUT2D eigenvalue weighted by molar-refractivity contribution is 0.318. The van der Waals surface area contributed by atoms with E-state index in [0.717, 1.165) is 42.8 Å². The average Bonchev–Trinajstić information content (AvgIpc) is 3.57. The number of hydrogen-bond acceptors (Lipinski definition) is 4. The van der Waals surface area contributed by atoms with Crippen molar-refractivity contribution >= 4 is 33.5 Å². The van der Waals surface area contributed by atoms with E-state index in [4.69, 9.17) is 16.0 Å². The van der Waals surface area contributed by atoms with Gasteiger partial charge < -0.3 is 9.32 Å². The van der Waals surface area contributed by atoms with Gasteiger partial charge in [-0.25, -0.2) is 4.39 Å². The Morgan fingerprint density at radius 3 is 2.71 bits per heavy atom. The third-order valence-corrected chi connectivity index (χ3v) is 6.82. The number of furan rings is 1. The second kappa shape index (κ2) is 8.42. The first-order chi connectivity index (χ1) is 16.6. The molecule has 8 heteroatoms. The Morgan fingerprint density at radius 2 is 1.88 bits per heavy atom. The van der Waals surface area contributed by atoms with E-state index in [1.165, 1.54) is 25.0 Å². The van der Waals surface area contributed by atoms with Crippen molar-refractivity contribution in [3.63, 3.8) is 0 Å². The maximum atomic E-state index is 13.4. The molecule has 0 aliphatic carbocycles. The Morgan fingerprint density at radius 1 is 1.03 bits per heavy atom. The molecule has 5 aromatic rings. The summed E-state index contributed by atoms with van der Waals surface area (Å²) in [5.74, 6) is -0.00782. The van der Waals surface area contributed by atoms with Crippen molar-refractivity contribution in [3.05, 3.63) is 82.1 Å². The molecule has 4 heterocycles. The van der Waals surface area contributed by atoms with Crippen LogP contribution >= 0.6 is 11.6 Å². The van der Waals surface area contributed by atoms with E-state index in [1.807, 2.05) is 29.1 Å². The predicted molar refractivity (Wildman–Crippen MR) is 131 cm³/mol. The van der Waals surface area contributed by atoms with Crippen LogP contribution in [0.5, 0.6) is 0 Å². The van der Waals surface area contributed by atoms with Gasteiger partial charge in [-0.15, -0.1) is 0 Å². The van der Waals surface area contributed by atoms with Gasteiger partial charge in [-0.3, -0.25) is 14.0 Å². The molecule has 0 atom stereocenters. The maximum Gasteiger partial charge on any atom is 0.266 e. The molecule has 1 fully saturated rings. The van der Waals surface area contributed by atoms with E-state index >= 15 is 0 Å². The normalized spacial score (nSPS) is 14.5. The van der Waals surface area contributed by atoms with E-state index < -0.39 is 5.82 Å². The van der Waals surface area contributed by atoms with Crippen molar-refractivity contribution in [3.8, 4) is 17.0 Å². The molecule has 6 nitrogen and oxygen atoms in total. The quantitative estimate of drug-likeness (QED) is 0.336. The standard InChI is InChI=1S/C26H22ClFN4O2/c27-22-14-18(28)3-5-20(22)25-15-21-24(34-25)7-10-31(26(21)33)19-4-6-23-17(13-19)16-29-32(23)12-11-30-8-1-2-9-30/h3-7,10,13-16H,1-2,8-9,11-12H2. The zero-order valence-corrected chi connectivity index (χ0v) is 19.1. The highest BCUT2D eigenvalue weighted by Gasteiger charge is 2.16. The number of hydrogen-bond donors (Lipinski definition) is 0. The summed E-state index contributed by atoms with van der Waals surface area (Å²) < 4.78 is 22.9. The lowest BCUT2D eigenvalue weighted by atomic mass is 10.1. The summed E-state index contributed by atoms with van der Waals surface area (Å²) in [5, 5.41) is 6.20. The molecule has 34 heavy (non-hydrogen) atoms. The summed E-state index contributed by atoms with van der Waals surface area (Å²) in [6.45, 7) is 4.17. The Hall–Kier alpha value is -3.42. The molecule has 6 rings (SSSR count). The maximum absolute atomic E-state index is 13.4. The molecule has 1 aliphatic heterocycles. The van der Waals surface area contributed by atoms with Gasteiger partial charge in [0.2, 0.25) is 0 Å². The summed E-state index contributed by atoms with van der Waals surface area (Å²) in [6, 6.07) is 13.4. The van der Waals surface area contributed by atoms with Crippen LogP contribution in [0.15, 0.2) is 70.1 Å². The third-order valence-electron chi connectivity index (χ3n) is 6.51. The molecule has 1 aliphatic rings. The largest absolute Gasteiger partial charge is 0.456 e. The minimum Gasteiger partial charge on any atom is -0.456 e. The van der Waals surface area contributed by atoms with Crippen LogP contribution < -0.4 is 5.56 Å². The van der Waals surface area contributed by atoms with Crippen LogP contribution in [0.4, 0.5) is 4.39 Å². The Balaban J connectivity index is 1.33. The molecule has 0 radical (unpaired) electrons. The molecule has 0 unspecified atom stereocenters. The summed E-state index contributed by atoms with van der Waals surface area (Å²) in [7, 11) is 0. The topological polar surface area (TPSA) is 56.2 Å². The van der Waals surface area contributed by atoms with Crippen LogP contribution in [0.2, 0.25) is 5.02 Å². The third kappa shape index (κ3) is 3.71. The van der Waals surface area contributed by atoms with Gasteiger partial charge in [-0.05, 0) is 74.5 Å². The Bertz CT molecular complexity index is 1580. The number of rotatable bonds is 5. The summed E-state index contributed by atoms with van der Waals surface area (Å²) in [4.78, 5) is 15.8. The average molecular weight is 477 g/mol. The minimum atomic E-state index is -0.429. The molecule has 0 amide bonds. The molecule has 0 spiro atoms. The van der Waals surface area contributed by atoms with Gasteiger partial charge in [-0.1, -0.05) is 11.6 Å². The molecule has 0 N–H and O–H groups in total. The molecule has 3 aromatic heterocycles. The highest BCUT2D eigenvalue weighted by molar-refractivity contribution is 6.33. The summed E-state index contributed by atoms with van der Waals surface area (Å²) in [6.07, 6.45) is 6.09. The lowest BCUT2D eigenvalue weighted by Gasteiger charge is -2.14. The molecule has 2 aromatic carbocycles. The van der Waals surface area contributed by atoms with Crippen molar-refractivity contribution in [1.29, 1.82) is 0 Å². The van der Waals surface area contributed by atoms with Gasteiger partial charge >= 0.3 is 0 Å². The molecule has 1 saturated heterocycles. The van der Waals surface area contributed by atoms with E-state index in [2.05, 4.69) is 10.00 Å². The van der Waals surface area contributed by atoms with Gasteiger partial charge in [0.15, 0.2) is 0 Å². The number of fused-ring (bicyclic) bond motifs is 2. The van der Waals surface area contributed by atoms with Gasteiger partial charge in [0.25, 0.3) is 5.56 Å². The van der Waals surface area contributed by atoms with Gasteiger partial charge in [0.05, 0.1) is 28.7 Å². The van der Waals surface area contributed by atoms with Crippen LogP contribution in [0.25, 0.3) is 38.9 Å². The monoisotopic (exact) mass is 476 g/mol. The number of aromatic nitrogens is 3. The van der Waals surface area contributed by atoms with E-state index in [0.29, 0.717) is 22.3 Å². The minimum absolute atomic E-state index is 0.202. The first kappa shape index (κ1) is 21.1. The fraction of sp³-hybridized carbons (Fsp3) is 0.231. The van der Waals surface area contributed by atoms with Crippen LogP contribution in [0.1, 0.15) is 12.8 Å². The lowest BCUT2D eigenvalue weighted by Crippen LogP contribution is -2.24. The van der Waals surface area contributed by atoms with E-state index in [9.17, 15) is 9.18 Å². The van der Waals surface area contributed by atoms with Crippen molar-refractivity contribution in [2.75, 3.05) is 19.6 Å². The Labute approximate surface area is 199 Å². The van der Waals surface area contributed by atoms with Gasteiger partial charge in [-0.2, -0.15) is 5.10 Å². The van der Waals surface area contributed by atoms with Crippen LogP contribution in [-0.4, -0.2) is 38.9 Å². The summed E-state index contributed by atoms with van der Waals surface area (Å²) >= 11 is 6.18. The predicted octanol–water partition coefficient (Wildman–Crippen LogP) is 5.49. The second-order valence-electron chi connectivity index (χ2n) is 8.66. The molecule has 0 bridgehead atoms. The van der Waals surface area contributed by atoms with E-state index in [1.54, 1.807) is 29.0 Å². The zero-order valence-electron chi connectivity index (χ0n) is 18.4. The first-order valence-electron chi connectivity index (χ1n) is 11.4. The smallest absolute Gasteiger partial charge is 0.266 e. The van der Waals surface area contributed by atoms with Crippen LogP contribution in [-0.2, 0) is 6.54 Å². The molecular formula is C26H22ClFN4O2. The van der Waals surface area contributed by atoms with Crippen molar-refractivity contribution < 1.29 is 8.81 Å². The fourth-order valence-electron chi connectivity index (χ4n) is 4.71. The number of benzene rings is 2. The van der Waals surface area contributed by atoms with Crippen molar-refractivity contribution in [1.82, 2.24) is 19.2 Å². The number of nitrogens with zero attached hydrogens (tertiary/aromatic N) is 4. The highest BCUT2D eigenvalue weighted by Crippen LogP contribution is 2.32. The van der Waals surface area contributed by atoms with Gasteiger partial charge in [0, 0.05) is 29.4 Å². The highest BCUT2D eigenvalue weighted by atomic mass is 35.5. The fourth-order valence-corrected chi connectivity index (χ4v) is 4.97. The summed E-state index contributed by atoms with van der Waals surface area (Å²) in [5.41, 5.74) is 2.58. The van der Waals surface area contributed by atoms with Crippen molar-refractivity contribution in [2.45, 2.75) is 19.4 Å². The first-order valence-corrected chi connectivity index (χ1v) is 11.7. The van der Waals surface area contributed by atoms with E-state index in [-0.39, 0.29) is 10.6 Å². The zero-order chi connectivity index (χ0) is 23.2. The SMILES string of the molecule is O=c1c2cc(-c3ccc(F)cc3Cl)oc2ccn1-c1ccc2c(cnn2CCN2CCCC2)c1. The van der Waals surface area contributed by atoms with Crippen LogP contribution in [0, 0.1) is 5.82 Å². The molecular weight excluding hydrogens is 455 g/mol. The van der Waals surface area contributed by atoms with Crippen molar-refractivity contribution in [2.24, 2.45) is 0 Å². The van der Waals surface area contributed by atoms with Crippen LogP contribution in [0.3, 0.4) is 0 Å². The second-order valence-corrected chi connectivity index (χ2v) is 9.07. The Kier molecular flexibility index (Phi) is 5.23. The number of pyridine rings is 1. The van der Waals surface area contributed by atoms with Gasteiger partial charge in [0.1, 0.15) is 17.2 Å².